The molecule has 0 fully saturated rings. The molecule has 0 bridgehead atoms. The minimum absolute atomic E-state index is 0.0403. The predicted molar refractivity (Wildman–Crippen MR) is 82.6 cm³/mol. The van der Waals surface area contributed by atoms with E-state index in [-0.39, 0.29) is 5.92 Å². The zero-order chi connectivity index (χ0) is 15.8. The standard InChI is InChI=1S/C17H22N2O2/c1-11-7-6-8-14(12(11)2)13(3)15-18-9-10-19(15)17(4,5)16(20)21/h6-10,13H,1-5H3,(H,20,21). The fourth-order valence-corrected chi connectivity index (χ4v) is 2.59. The molecule has 0 aliphatic rings. The van der Waals surface area contributed by atoms with Crippen LogP contribution in [-0.4, -0.2) is 20.6 Å². The molecule has 1 aromatic carbocycles. The zero-order valence-electron chi connectivity index (χ0n) is 13.2. The summed E-state index contributed by atoms with van der Waals surface area (Å²) in [5.41, 5.74) is 2.63. The summed E-state index contributed by atoms with van der Waals surface area (Å²) in [7, 11) is 0. The minimum Gasteiger partial charge on any atom is -0.480 e. The summed E-state index contributed by atoms with van der Waals surface area (Å²) >= 11 is 0. The van der Waals surface area contributed by atoms with Crippen LogP contribution in [0, 0.1) is 13.8 Å². The second-order valence-electron chi connectivity index (χ2n) is 6.03. The summed E-state index contributed by atoms with van der Waals surface area (Å²) < 4.78 is 1.75. The van der Waals surface area contributed by atoms with E-state index in [0.29, 0.717) is 0 Å². The van der Waals surface area contributed by atoms with E-state index in [9.17, 15) is 9.90 Å². The molecule has 0 saturated heterocycles. The summed E-state index contributed by atoms with van der Waals surface area (Å²) in [6.45, 7) is 9.63. The maximum atomic E-state index is 11.5. The van der Waals surface area contributed by atoms with Gasteiger partial charge in [0.1, 0.15) is 11.4 Å². The van der Waals surface area contributed by atoms with Gasteiger partial charge in [0, 0.05) is 18.3 Å². The smallest absolute Gasteiger partial charge is 0.329 e. The van der Waals surface area contributed by atoms with Crippen LogP contribution in [0.15, 0.2) is 30.6 Å². The summed E-state index contributed by atoms with van der Waals surface area (Å²) in [4.78, 5) is 15.9. The lowest BCUT2D eigenvalue weighted by atomic mass is 9.92. The van der Waals surface area contributed by atoms with Crippen LogP contribution in [0.25, 0.3) is 0 Å². The molecule has 1 atom stereocenters. The van der Waals surface area contributed by atoms with Crippen LogP contribution in [0.5, 0.6) is 0 Å². The highest BCUT2D eigenvalue weighted by Crippen LogP contribution is 2.30. The molecule has 2 aromatic rings. The van der Waals surface area contributed by atoms with Crippen LogP contribution < -0.4 is 0 Å². The van der Waals surface area contributed by atoms with Crippen molar-refractivity contribution in [2.75, 3.05) is 0 Å². The Morgan fingerprint density at radius 3 is 2.62 bits per heavy atom. The van der Waals surface area contributed by atoms with E-state index in [2.05, 4.69) is 37.9 Å². The Balaban J connectivity index is 2.51. The number of carboxylic acid groups (broad SMARTS) is 1. The summed E-state index contributed by atoms with van der Waals surface area (Å²) in [6.07, 6.45) is 3.41. The number of benzene rings is 1. The first kappa shape index (κ1) is 15.3. The Bertz CT molecular complexity index is 671. The van der Waals surface area contributed by atoms with Crippen molar-refractivity contribution in [1.82, 2.24) is 9.55 Å². The third-order valence-electron chi connectivity index (χ3n) is 4.30. The lowest BCUT2D eigenvalue weighted by Gasteiger charge is -2.26. The molecule has 0 aliphatic carbocycles. The number of nitrogens with zero attached hydrogens (tertiary/aromatic N) is 2. The van der Waals surface area contributed by atoms with Crippen LogP contribution in [0.1, 0.15) is 49.2 Å². The van der Waals surface area contributed by atoms with Crippen LogP contribution in [0.2, 0.25) is 0 Å². The van der Waals surface area contributed by atoms with Crippen LogP contribution in [0.4, 0.5) is 0 Å². The monoisotopic (exact) mass is 286 g/mol. The molecular weight excluding hydrogens is 264 g/mol. The molecule has 4 heteroatoms. The fourth-order valence-electron chi connectivity index (χ4n) is 2.59. The molecular formula is C17H22N2O2. The molecule has 112 valence electrons. The average Bonchev–Trinajstić information content (AvgIpc) is 2.91. The SMILES string of the molecule is Cc1cccc(C(C)c2nccn2C(C)(C)C(=O)O)c1C. The number of carboxylic acids is 1. The molecule has 0 amide bonds. The predicted octanol–water partition coefficient (Wildman–Crippen LogP) is 3.47. The topological polar surface area (TPSA) is 55.1 Å². The maximum Gasteiger partial charge on any atom is 0.329 e. The van der Waals surface area contributed by atoms with Crippen LogP contribution in [0.3, 0.4) is 0 Å². The molecule has 4 nitrogen and oxygen atoms in total. The maximum absolute atomic E-state index is 11.5. The van der Waals surface area contributed by atoms with E-state index in [1.807, 2.05) is 6.07 Å². The lowest BCUT2D eigenvalue weighted by molar-refractivity contribution is -0.145. The van der Waals surface area contributed by atoms with Gasteiger partial charge in [-0.15, -0.1) is 0 Å². The normalized spacial score (nSPS) is 13.2. The quantitative estimate of drug-likeness (QED) is 0.936. The Kier molecular flexibility index (Phi) is 3.90. The van der Waals surface area contributed by atoms with Crippen molar-refractivity contribution in [3.63, 3.8) is 0 Å². The number of hydrogen-bond acceptors (Lipinski definition) is 2. The van der Waals surface area contributed by atoms with Gasteiger partial charge in [0.15, 0.2) is 0 Å². The number of imidazole rings is 1. The van der Waals surface area contributed by atoms with E-state index in [4.69, 9.17) is 0 Å². The van der Waals surface area contributed by atoms with E-state index in [0.717, 1.165) is 5.82 Å². The zero-order valence-corrected chi connectivity index (χ0v) is 13.2. The van der Waals surface area contributed by atoms with Gasteiger partial charge < -0.3 is 9.67 Å². The van der Waals surface area contributed by atoms with Crippen LogP contribution >= 0.6 is 0 Å². The van der Waals surface area contributed by atoms with Gasteiger partial charge in [0.25, 0.3) is 0 Å². The van der Waals surface area contributed by atoms with Crippen LogP contribution in [-0.2, 0) is 10.3 Å². The first-order valence-corrected chi connectivity index (χ1v) is 7.10. The Hall–Kier alpha value is -2.10. The van der Waals surface area contributed by atoms with Gasteiger partial charge in [-0.1, -0.05) is 25.1 Å². The number of aryl methyl sites for hydroxylation is 1. The summed E-state index contributed by atoms with van der Waals surface area (Å²) in [6, 6.07) is 6.20. The fraction of sp³-hybridized carbons (Fsp3) is 0.412. The van der Waals surface area contributed by atoms with Crippen molar-refractivity contribution in [3.05, 3.63) is 53.1 Å². The van der Waals surface area contributed by atoms with E-state index >= 15 is 0 Å². The molecule has 1 N–H and O–H groups in total. The molecule has 2 rings (SSSR count). The third-order valence-corrected chi connectivity index (χ3v) is 4.30. The van der Waals surface area contributed by atoms with Crippen molar-refractivity contribution in [2.24, 2.45) is 0 Å². The first-order valence-electron chi connectivity index (χ1n) is 7.10. The van der Waals surface area contributed by atoms with Gasteiger partial charge in [0.05, 0.1) is 0 Å². The molecule has 1 heterocycles. The molecule has 0 aliphatic heterocycles. The summed E-state index contributed by atoms with van der Waals surface area (Å²) in [5.74, 6) is -0.0514. The van der Waals surface area contributed by atoms with Gasteiger partial charge in [-0.05, 0) is 44.4 Å². The second-order valence-corrected chi connectivity index (χ2v) is 6.03. The number of rotatable bonds is 4. The van der Waals surface area contributed by atoms with Crippen molar-refractivity contribution < 1.29 is 9.90 Å². The molecule has 0 radical (unpaired) electrons. The number of aliphatic carboxylic acids is 1. The highest BCUT2D eigenvalue weighted by Gasteiger charge is 2.32. The second kappa shape index (κ2) is 5.35. The first-order chi connectivity index (χ1) is 9.76. The number of hydrogen-bond donors (Lipinski definition) is 1. The third kappa shape index (κ3) is 2.58. The molecule has 1 aromatic heterocycles. The number of carbonyl (C=O) groups is 1. The lowest BCUT2D eigenvalue weighted by Crippen LogP contribution is -2.36. The van der Waals surface area contributed by atoms with Crippen molar-refractivity contribution in [2.45, 2.75) is 46.1 Å². The van der Waals surface area contributed by atoms with Crippen molar-refractivity contribution in [3.8, 4) is 0 Å². The molecule has 0 spiro atoms. The number of aromatic nitrogens is 2. The van der Waals surface area contributed by atoms with Gasteiger partial charge >= 0.3 is 5.97 Å². The van der Waals surface area contributed by atoms with Gasteiger partial charge in [0.2, 0.25) is 0 Å². The Morgan fingerprint density at radius 1 is 1.33 bits per heavy atom. The van der Waals surface area contributed by atoms with E-state index < -0.39 is 11.5 Å². The highest BCUT2D eigenvalue weighted by atomic mass is 16.4. The van der Waals surface area contributed by atoms with Crippen molar-refractivity contribution >= 4 is 5.97 Å². The molecule has 1 unspecified atom stereocenters. The minimum atomic E-state index is -1.02. The van der Waals surface area contributed by atoms with Gasteiger partial charge in [-0.2, -0.15) is 0 Å². The molecule has 0 saturated carbocycles. The van der Waals surface area contributed by atoms with Gasteiger partial charge in [-0.3, -0.25) is 0 Å². The molecule has 21 heavy (non-hydrogen) atoms. The summed E-state index contributed by atoms with van der Waals surface area (Å²) in [5, 5.41) is 9.44. The van der Waals surface area contributed by atoms with E-state index in [1.54, 1.807) is 30.8 Å². The van der Waals surface area contributed by atoms with E-state index in [1.165, 1.54) is 16.7 Å². The Morgan fingerprint density at radius 2 is 2.00 bits per heavy atom. The Labute approximate surface area is 125 Å². The average molecular weight is 286 g/mol. The highest BCUT2D eigenvalue weighted by molar-refractivity contribution is 5.75. The van der Waals surface area contributed by atoms with Crippen molar-refractivity contribution in [1.29, 1.82) is 0 Å². The van der Waals surface area contributed by atoms with Gasteiger partial charge in [-0.25, -0.2) is 9.78 Å². The largest absolute Gasteiger partial charge is 0.480 e.